The number of carbonyl (C=O) groups is 1. The fourth-order valence-electron chi connectivity index (χ4n) is 2.59. The molecule has 0 aliphatic rings. The fraction of sp³-hybridized carbons (Fsp3) is 0.263. The molecule has 0 fully saturated rings. The molecule has 3 aromatic rings. The zero-order chi connectivity index (χ0) is 18.5. The minimum atomic E-state index is -0.475. The van der Waals surface area contributed by atoms with Crippen molar-refractivity contribution in [2.45, 2.75) is 33.2 Å². The highest BCUT2D eigenvalue weighted by Gasteiger charge is 2.16. The van der Waals surface area contributed by atoms with Crippen LogP contribution in [0.1, 0.15) is 42.9 Å². The molecule has 0 radical (unpaired) electrons. The molecule has 26 heavy (non-hydrogen) atoms. The van der Waals surface area contributed by atoms with Gasteiger partial charge in [-0.3, -0.25) is 9.59 Å². The largest absolute Gasteiger partial charge is 0.463 e. The number of hydrogen-bond donors (Lipinski definition) is 1. The van der Waals surface area contributed by atoms with Gasteiger partial charge in [-0.05, 0) is 31.5 Å². The van der Waals surface area contributed by atoms with Crippen molar-refractivity contribution >= 4 is 22.4 Å². The van der Waals surface area contributed by atoms with E-state index in [1.165, 1.54) is 10.9 Å². The van der Waals surface area contributed by atoms with Crippen LogP contribution in [0.15, 0.2) is 57.0 Å². The second kappa shape index (κ2) is 7.77. The Labute approximate surface area is 150 Å². The van der Waals surface area contributed by atoms with E-state index in [0.717, 1.165) is 12.8 Å². The molecule has 2 heterocycles. The SMILES string of the molecule is CCCCn1nc(C(=O)N/N=C(\C)c2ccco2)c2ccccc2c1=O. The Bertz CT molecular complexity index is 1000. The molecular formula is C19H20N4O3. The van der Waals surface area contributed by atoms with Crippen LogP contribution in [0.3, 0.4) is 0 Å². The molecule has 0 bridgehead atoms. The first-order valence-corrected chi connectivity index (χ1v) is 8.50. The van der Waals surface area contributed by atoms with E-state index in [9.17, 15) is 9.59 Å². The van der Waals surface area contributed by atoms with Crippen LogP contribution in [-0.4, -0.2) is 21.4 Å². The summed E-state index contributed by atoms with van der Waals surface area (Å²) >= 11 is 0. The van der Waals surface area contributed by atoms with Crippen molar-refractivity contribution in [3.8, 4) is 0 Å². The lowest BCUT2D eigenvalue weighted by molar-refractivity contribution is 0.0949. The third-order valence-corrected chi connectivity index (χ3v) is 4.01. The lowest BCUT2D eigenvalue weighted by Gasteiger charge is -2.10. The molecule has 0 aliphatic carbocycles. The van der Waals surface area contributed by atoms with Gasteiger partial charge in [0.05, 0.1) is 11.6 Å². The standard InChI is InChI=1S/C19H20N4O3/c1-3-4-11-23-19(25)15-9-6-5-8-14(15)17(22-23)18(24)21-20-13(2)16-10-7-12-26-16/h5-10,12H,3-4,11H2,1-2H3,(H,21,24)/b20-13+. The summed E-state index contributed by atoms with van der Waals surface area (Å²) in [6.07, 6.45) is 3.27. The van der Waals surface area contributed by atoms with Crippen LogP contribution < -0.4 is 11.0 Å². The van der Waals surface area contributed by atoms with Crippen molar-refractivity contribution in [3.63, 3.8) is 0 Å². The molecule has 7 nitrogen and oxygen atoms in total. The van der Waals surface area contributed by atoms with E-state index in [2.05, 4.69) is 15.6 Å². The van der Waals surface area contributed by atoms with Crippen LogP contribution in [0.25, 0.3) is 10.8 Å². The van der Waals surface area contributed by atoms with Gasteiger partial charge in [-0.25, -0.2) is 10.1 Å². The number of hydrogen-bond acceptors (Lipinski definition) is 5. The first kappa shape index (κ1) is 17.6. The number of amides is 1. The molecule has 1 aromatic carbocycles. The minimum Gasteiger partial charge on any atom is -0.463 e. The summed E-state index contributed by atoms with van der Waals surface area (Å²) in [7, 11) is 0. The van der Waals surface area contributed by atoms with Gasteiger partial charge < -0.3 is 4.42 Å². The van der Waals surface area contributed by atoms with Gasteiger partial charge in [0.15, 0.2) is 5.69 Å². The van der Waals surface area contributed by atoms with Crippen LogP contribution >= 0.6 is 0 Å². The first-order valence-electron chi connectivity index (χ1n) is 8.50. The molecule has 134 valence electrons. The molecule has 0 saturated heterocycles. The Morgan fingerprint density at radius 3 is 2.69 bits per heavy atom. The maximum Gasteiger partial charge on any atom is 0.292 e. The number of nitrogens with zero attached hydrogens (tertiary/aromatic N) is 3. The molecular weight excluding hydrogens is 332 g/mol. The average Bonchev–Trinajstić information content (AvgIpc) is 3.20. The number of hydrazone groups is 1. The molecule has 0 unspecified atom stereocenters. The van der Waals surface area contributed by atoms with Gasteiger partial charge in [0.1, 0.15) is 11.5 Å². The Morgan fingerprint density at radius 1 is 1.23 bits per heavy atom. The molecule has 7 heteroatoms. The highest BCUT2D eigenvalue weighted by Crippen LogP contribution is 2.13. The summed E-state index contributed by atoms with van der Waals surface area (Å²) in [5.74, 6) is 0.0911. The topological polar surface area (TPSA) is 89.5 Å². The molecule has 0 atom stereocenters. The van der Waals surface area contributed by atoms with Crippen molar-refractivity contribution < 1.29 is 9.21 Å². The monoisotopic (exact) mass is 352 g/mol. The van der Waals surface area contributed by atoms with Crippen LogP contribution in [0.2, 0.25) is 0 Å². The number of aryl methyl sites for hydroxylation is 1. The highest BCUT2D eigenvalue weighted by molar-refractivity contribution is 6.05. The summed E-state index contributed by atoms with van der Waals surface area (Å²) < 4.78 is 6.59. The van der Waals surface area contributed by atoms with Crippen molar-refractivity contribution in [3.05, 3.63) is 64.5 Å². The number of carbonyl (C=O) groups excluding carboxylic acids is 1. The zero-order valence-corrected chi connectivity index (χ0v) is 14.7. The van der Waals surface area contributed by atoms with E-state index in [4.69, 9.17) is 4.42 Å². The van der Waals surface area contributed by atoms with E-state index in [1.54, 1.807) is 43.3 Å². The third-order valence-electron chi connectivity index (χ3n) is 4.01. The highest BCUT2D eigenvalue weighted by atomic mass is 16.3. The smallest absolute Gasteiger partial charge is 0.292 e. The maximum atomic E-state index is 12.6. The van der Waals surface area contributed by atoms with Crippen LogP contribution in [-0.2, 0) is 6.54 Å². The van der Waals surface area contributed by atoms with E-state index < -0.39 is 5.91 Å². The molecule has 0 aliphatic heterocycles. The number of furan rings is 1. The molecule has 3 rings (SSSR count). The first-order chi connectivity index (χ1) is 12.6. The molecule has 0 saturated carbocycles. The molecule has 1 amide bonds. The van der Waals surface area contributed by atoms with E-state index >= 15 is 0 Å². The number of unbranched alkanes of at least 4 members (excludes halogenated alkanes) is 1. The lowest BCUT2D eigenvalue weighted by Crippen LogP contribution is -2.29. The Hall–Kier alpha value is -3.22. The number of benzene rings is 1. The van der Waals surface area contributed by atoms with Gasteiger partial charge in [0.2, 0.25) is 0 Å². The van der Waals surface area contributed by atoms with Gasteiger partial charge >= 0.3 is 0 Å². The van der Waals surface area contributed by atoms with Crippen molar-refractivity contribution in [2.75, 3.05) is 0 Å². The summed E-state index contributed by atoms with van der Waals surface area (Å²) in [5.41, 5.74) is 3.01. The Balaban J connectivity index is 1.97. The van der Waals surface area contributed by atoms with Gasteiger partial charge in [-0.15, -0.1) is 0 Å². The maximum absolute atomic E-state index is 12.6. The fourth-order valence-corrected chi connectivity index (χ4v) is 2.59. The van der Waals surface area contributed by atoms with Crippen LogP contribution in [0.4, 0.5) is 0 Å². The summed E-state index contributed by atoms with van der Waals surface area (Å²) in [5, 5.41) is 9.31. The second-order valence-electron chi connectivity index (χ2n) is 5.89. The van der Waals surface area contributed by atoms with E-state index in [-0.39, 0.29) is 11.3 Å². The van der Waals surface area contributed by atoms with Crippen molar-refractivity contribution in [2.24, 2.45) is 5.10 Å². The van der Waals surface area contributed by atoms with Gasteiger partial charge in [-0.2, -0.15) is 10.2 Å². The summed E-state index contributed by atoms with van der Waals surface area (Å²) in [6, 6.07) is 10.5. The molecule has 0 spiro atoms. The normalized spacial score (nSPS) is 11.7. The number of rotatable bonds is 6. The van der Waals surface area contributed by atoms with Gasteiger partial charge in [0, 0.05) is 11.9 Å². The number of fused-ring (bicyclic) bond motifs is 1. The Morgan fingerprint density at radius 2 is 2.00 bits per heavy atom. The molecule has 2 aromatic heterocycles. The predicted octanol–water partition coefficient (Wildman–Crippen LogP) is 2.94. The van der Waals surface area contributed by atoms with Gasteiger partial charge in [-0.1, -0.05) is 31.5 Å². The summed E-state index contributed by atoms with van der Waals surface area (Å²) in [6.45, 7) is 4.23. The molecule has 1 N–H and O–H groups in total. The van der Waals surface area contributed by atoms with E-state index in [1.807, 2.05) is 6.92 Å². The van der Waals surface area contributed by atoms with Crippen LogP contribution in [0.5, 0.6) is 0 Å². The second-order valence-corrected chi connectivity index (χ2v) is 5.89. The van der Waals surface area contributed by atoms with Crippen molar-refractivity contribution in [1.82, 2.24) is 15.2 Å². The van der Waals surface area contributed by atoms with Crippen LogP contribution in [0, 0.1) is 0 Å². The predicted molar refractivity (Wildman–Crippen MR) is 99.3 cm³/mol. The van der Waals surface area contributed by atoms with Gasteiger partial charge in [0.25, 0.3) is 11.5 Å². The van der Waals surface area contributed by atoms with Crippen molar-refractivity contribution in [1.29, 1.82) is 0 Å². The summed E-state index contributed by atoms with van der Waals surface area (Å²) in [4.78, 5) is 25.2. The number of nitrogens with one attached hydrogen (secondary N) is 1. The third kappa shape index (κ3) is 3.56. The Kier molecular flexibility index (Phi) is 5.26. The van der Waals surface area contributed by atoms with E-state index in [0.29, 0.717) is 28.8 Å². The quantitative estimate of drug-likeness (QED) is 0.545. The minimum absolute atomic E-state index is 0.173. The average molecular weight is 352 g/mol. The lowest BCUT2D eigenvalue weighted by atomic mass is 10.1. The number of aromatic nitrogens is 2. The zero-order valence-electron chi connectivity index (χ0n) is 14.7.